The number of anilines is 1. The van der Waals surface area contributed by atoms with Crippen LogP contribution in [0.15, 0.2) is 30.5 Å². The van der Waals surface area contributed by atoms with Gasteiger partial charge in [-0.25, -0.2) is 14.2 Å². The molecule has 0 amide bonds. The number of esters is 1. The van der Waals surface area contributed by atoms with Gasteiger partial charge in [0.15, 0.2) is 5.65 Å². The van der Waals surface area contributed by atoms with Crippen molar-refractivity contribution in [3.8, 4) is 0 Å². The third-order valence-corrected chi connectivity index (χ3v) is 5.04. The van der Waals surface area contributed by atoms with Crippen molar-refractivity contribution >= 4 is 17.4 Å². The monoisotopic (exact) mass is 422 g/mol. The Balaban J connectivity index is 1.71. The maximum Gasteiger partial charge on any atom is 0.419 e. The second-order valence-corrected chi connectivity index (χ2v) is 7.20. The van der Waals surface area contributed by atoms with Gasteiger partial charge in [-0.05, 0) is 44.4 Å². The molecule has 4 rings (SSSR count). The summed E-state index contributed by atoms with van der Waals surface area (Å²) in [6.07, 6.45) is -2.19. The number of alkyl halides is 3. The normalized spacial score (nSPS) is 15.3. The number of hydrogen-bond acceptors (Lipinski definition) is 5. The number of nitrogens with one attached hydrogen (secondary N) is 1. The van der Waals surface area contributed by atoms with Crippen LogP contribution in [0.4, 0.5) is 23.4 Å². The maximum atomic E-state index is 14.1. The van der Waals surface area contributed by atoms with Crippen LogP contribution in [0.1, 0.15) is 46.9 Å². The van der Waals surface area contributed by atoms with Gasteiger partial charge in [0, 0.05) is 11.8 Å². The third kappa shape index (κ3) is 3.46. The number of hydrogen-bond donors (Lipinski definition) is 1. The van der Waals surface area contributed by atoms with Crippen LogP contribution in [0.2, 0.25) is 0 Å². The molecule has 2 heterocycles. The number of halogens is 4. The van der Waals surface area contributed by atoms with Gasteiger partial charge >= 0.3 is 12.1 Å². The van der Waals surface area contributed by atoms with Crippen LogP contribution < -0.4 is 5.32 Å². The quantitative estimate of drug-likeness (QED) is 0.485. The first-order valence-corrected chi connectivity index (χ1v) is 9.32. The molecule has 2 aromatic heterocycles. The lowest BCUT2D eigenvalue weighted by Crippen LogP contribution is -2.22. The Bertz CT molecular complexity index is 1140. The smallest absolute Gasteiger partial charge is 0.419 e. The minimum Gasteiger partial charge on any atom is -0.462 e. The van der Waals surface area contributed by atoms with Gasteiger partial charge in [0.05, 0.1) is 23.9 Å². The van der Waals surface area contributed by atoms with Crippen molar-refractivity contribution in [2.24, 2.45) is 0 Å². The van der Waals surface area contributed by atoms with Crippen LogP contribution in [-0.2, 0) is 16.5 Å². The lowest BCUT2D eigenvalue weighted by Gasteiger charge is -2.21. The summed E-state index contributed by atoms with van der Waals surface area (Å²) < 4.78 is 59.2. The number of rotatable bonds is 5. The van der Waals surface area contributed by atoms with Crippen molar-refractivity contribution in [2.45, 2.75) is 38.4 Å². The molecule has 30 heavy (non-hydrogen) atoms. The highest BCUT2D eigenvalue weighted by molar-refractivity contribution is 5.95. The molecule has 0 unspecified atom stereocenters. The minimum absolute atomic E-state index is 0.203. The first-order chi connectivity index (χ1) is 14.1. The third-order valence-electron chi connectivity index (χ3n) is 5.04. The first kappa shape index (κ1) is 20.1. The molecule has 1 aliphatic rings. The largest absolute Gasteiger partial charge is 0.462 e. The van der Waals surface area contributed by atoms with E-state index in [0.717, 1.165) is 12.1 Å². The van der Waals surface area contributed by atoms with Crippen LogP contribution in [0.5, 0.6) is 0 Å². The van der Waals surface area contributed by atoms with Gasteiger partial charge in [-0.2, -0.15) is 22.8 Å². The van der Waals surface area contributed by atoms with Gasteiger partial charge in [-0.1, -0.05) is 6.07 Å². The van der Waals surface area contributed by atoms with Gasteiger partial charge in [-0.3, -0.25) is 0 Å². The van der Waals surface area contributed by atoms with E-state index in [0.29, 0.717) is 35.6 Å². The summed E-state index contributed by atoms with van der Waals surface area (Å²) >= 11 is 0. The lowest BCUT2D eigenvalue weighted by molar-refractivity contribution is -0.140. The second-order valence-electron chi connectivity index (χ2n) is 7.20. The molecule has 1 fully saturated rings. The SMILES string of the molecule is CCOC(=O)c1cnn2c(NC3(c4ccc(C(F)(F)F)c(F)c4)CC3)cc(C)nc12. The number of aryl methyl sites for hydroxylation is 1. The molecule has 3 aromatic rings. The Morgan fingerprint density at radius 2 is 2.03 bits per heavy atom. The number of fused-ring (bicyclic) bond motifs is 1. The molecule has 0 saturated heterocycles. The Hall–Kier alpha value is -3.17. The van der Waals surface area contributed by atoms with E-state index in [-0.39, 0.29) is 12.2 Å². The Labute approximate surface area is 168 Å². The summed E-state index contributed by atoms with van der Waals surface area (Å²) in [5, 5.41) is 7.46. The molecule has 1 aromatic carbocycles. The van der Waals surface area contributed by atoms with Gasteiger partial charge in [0.2, 0.25) is 0 Å². The zero-order valence-electron chi connectivity index (χ0n) is 16.2. The fraction of sp³-hybridized carbons (Fsp3) is 0.350. The van der Waals surface area contributed by atoms with Crippen molar-refractivity contribution < 1.29 is 27.1 Å². The molecule has 1 N–H and O–H groups in total. The molecular weight excluding hydrogens is 404 g/mol. The van der Waals surface area contributed by atoms with Crippen molar-refractivity contribution in [1.82, 2.24) is 14.6 Å². The van der Waals surface area contributed by atoms with E-state index in [1.165, 1.54) is 16.8 Å². The molecule has 10 heteroatoms. The number of carbonyl (C=O) groups is 1. The van der Waals surface area contributed by atoms with Gasteiger partial charge in [0.1, 0.15) is 17.2 Å². The maximum absolute atomic E-state index is 14.1. The number of carbonyl (C=O) groups excluding carboxylic acids is 1. The Morgan fingerprint density at radius 1 is 1.30 bits per heavy atom. The molecule has 6 nitrogen and oxygen atoms in total. The molecule has 1 aliphatic carbocycles. The Morgan fingerprint density at radius 3 is 2.63 bits per heavy atom. The second kappa shape index (κ2) is 6.96. The molecular formula is C20H18F4N4O2. The summed E-state index contributed by atoms with van der Waals surface area (Å²) in [6, 6.07) is 4.66. The zero-order valence-corrected chi connectivity index (χ0v) is 16.2. The highest BCUT2D eigenvalue weighted by Crippen LogP contribution is 2.49. The molecule has 0 atom stereocenters. The molecule has 0 radical (unpaired) electrons. The summed E-state index contributed by atoms with van der Waals surface area (Å²) in [5.41, 5.74) is -0.504. The predicted octanol–water partition coefficient (Wildman–Crippen LogP) is 4.47. The van der Waals surface area contributed by atoms with E-state index in [2.05, 4.69) is 15.4 Å². The highest BCUT2D eigenvalue weighted by Gasteiger charge is 2.46. The van der Waals surface area contributed by atoms with Crippen LogP contribution in [-0.4, -0.2) is 27.2 Å². The van der Waals surface area contributed by atoms with E-state index >= 15 is 0 Å². The molecule has 1 saturated carbocycles. The fourth-order valence-electron chi connectivity index (χ4n) is 3.42. The van der Waals surface area contributed by atoms with Crippen molar-refractivity contribution in [3.63, 3.8) is 0 Å². The van der Waals surface area contributed by atoms with Gasteiger partial charge < -0.3 is 10.1 Å². The van der Waals surface area contributed by atoms with E-state index < -0.39 is 29.1 Å². The molecule has 0 bridgehead atoms. The predicted molar refractivity (Wildman–Crippen MR) is 99.6 cm³/mol. The van der Waals surface area contributed by atoms with Crippen LogP contribution >= 0.6 is 0 Å². The number of aromatic nitrogens is 3. The number of ether oxygens (including phenoxy) is 1. The minimum atomic E-state index is -4.75. The fourth-order valence-corrected chi connectivity index (χ4v) is 3.42. The summed E-state index contributed by atoms with van der Waals surface area (Å²) in [7, 11) is 0. The van der Waals surface area contributed by atoms with Gasteiger partial charge in [-0.15, -0.1) is 0 Å². The van der Waals surface area contributed by atoms with E-state index in [1.54, 1.807) is 19.9 Å². The number of benzene rings is 1. The van der Waals surface area contributed by atoms with E-state index in [4.69, 9.17) is 4.74 Å². The summed E-state index contributed by atoms with van der Waals surface area (Å²) in [4.78, 5) is 16.5. The standard InChI is InChI=1S/C20H18F4N4O2/c1-3-30-18(29)13-10-25-28-16(8-11(2)26-17(13)28)27-19(6-7-19)12-4-5-14(15(21)9-12)20(22,23)24/h4-5,8-10,27H,3,6-7H2,1-2H3. The Kier molecular flexibility index (Phi) is 4.67. The summed E-state index contributed by atoms with van der Waals surface area (Å²) in [5.74, 6) is -1.37. The zero-order chi connectivity index (χ0) is 21.7. The number of nitrogens with zero attached hydrogens (tertiary/aromatic N) is 3. The average Bonchev–Trinajstić information content (AvgIpc) is 3.31. The molecule has 0 spiro atoms. The average molecular weight is 422 g/mol. The highest BCUT2D eigenvalue weighted by atomic mass is 19.4. The molecule has 158 valence electrons. The van der Waals surface area contributed by atoms with Crippen molar-refractivity contribution in [2.75, 3.05) is 11.9 Å². The molecule has 0 aliphatic heterocycles. The van der Waals surface area contributed by atoms with Crippen molar-refractivity contribution in [3.05, 3.63) is 58.7 Å². The summed E-state index contributed by atoms with van der Waals surface area (Å²) in [6.45, 7) is 3.63. The van der Waals surface area contributed by atoms with Crippen LogP contribution in [0, 0.1) is 12.7 Å². The topological polar surface area (TPSA) is 68.5 Å². The van der Waals surface area contributed by atoms with Crippen LogP contribution in [0.3, 0.4) is 0 Å². The van der Waals surface area contributed by atoms with E-state index in [9.17, 15) is 22.4 Å². The first-order valence-electron chi connectivity index (χ1n) is 9.32. The lowest BCUT2D eigenvalue weighted by atomic mass is 10.0. The van der Waals surface area contributed by atoms with Crippen molar-refractivity contribution in [1.29, 1.82) is 0 Å². The van der Waals surface area contributed by atoms with Gasteiger partial charge in [0.25, 0.3) is 0 Å². The van der Waals surface area contributed by atoms with E-state index in [1.807, 2.05) is 0 Å². The van der Waals surface area contributed by atoms with Crippen LogP contribution in [0.25, 0.3) is 5.65 Å².